The minimum atomic E-state index is 0.0630. The lowest BCUT2D eigenvalue weighted by Crippen LogP contribution is -2.23. The molecule has 1 amide bonds. The summed E-state index contributed by atoms with van der Waals surface area (Å²) < 4.78 is 2.39. The Morgan fingerprint density at radius 3 is 2.69 bits per heavy atom. The monoisotopic (exact) mass is 463 g/mol. The number of amides is 1. The van der Waals surface area contributed by atoms with Crippen LogP contribution in [-0.2, 0) is 0 Å². The Morgan fingerprint density at radius 2 is 2.06 bits per heavy atom. The van der Waals surface area contributed by atoms with Crippen LogP contribution in [0, 0.1) is 2.88 Å². The molecule has 0 aliphatic carbocycles. The highest BCUT2D eigenvalue weighted by Gasteiger charge is 2.06. The Morgan fingerprint density at radius 1 is 1.31 bits per heavy atom. The standard InChI is InChI=1S/C11H15I2NOS/c12-5-3-1-2-4-6-14-11(15)9-7-10(13)16-8-9/h7-8H,1-6H2,(H,14,15). The van der Waals surface area contributed by atoms with Gasteiger partial charge < -0.3 is 5.32 Å². The van der Waals surface area contributed by atoms with E-state index >= 15 is 0 Å². The minimum Gasteiger partial charge on any atom is -0.352 e. The van der Waals surface area contributed by atoms with E-state index in [4.69, 9.17) is 0 Å². The van der Waals surface area contributed by atoms with Gasteiger partial charge in [0.1, 0.15) is 0 Å². The third kappa shape index (κ3) is 5.81. The number of thiophene rings is 1. The Balaban J connectivity index is 2.11. The number of rotatable bonds is 7. The summed E-state index contributed by atoms with van der Waals surface area (Å²) >= 11 is 6.24. The van der Waals surface area contributed by atoms with E-state index in [1.165, 1.54) is 23.7 Å². The summed E-state index contributed by atoms with van der Waals surface area (Å²) in [6, 6.07) is 1.93. The van der Waals surface area contributed by atoms with Gasteiger partial charge in [-0.2, -0.15) is 0 Å². The molecule has 1 rings (SSSR count). The van der Waals surface area contributed by atoms with Gasteiger partial charge in [0, 0.05) is 11.9 Å². The van der Waals surface area contributed by atoms with Crippen molar-refractivity contribution in [3.05, 3.63) is 19.9 Å². The molecule has 0 saturated carbocycles. The molecule has 1 heterocycles. The summed E-state index contributed by atoms with van der Waals surface area (Å²) in [6.07, 6.45) is 4.86. The zero-order valence-electron chi connectivity index (χ0n) is 8.97. The van der Waals surface area contributed by atoms with E-state index in [0.717, 1.165) is 21.4 Å². The second-order valence-electron chi connectivity index (χ2n) is 3.50. The second-order valence-corrected chi connectivity index (χ2v) is 7.38. The molecule has 0 atom stereocenters. The Labute approximate surface area is 128 Å². The van der Waals surface area contributed by atoms with Crippen LogP contribution in [0.15, 0.2) is 11.4 Å². The summed E-state index contributed by atoms with van der Waals surface area (Å²) in [7, 11) is 0. The van der Waals surface area contributed by atoms with Gasteiger partial charge in [0.05, 0.1) is 8.45 Å². The number of halogens is 2. The van der Waals surface area contributed by atoms with Crippen LogP contribution >= 0.6 is 56.5 Å². The van der Waals surface area contributed by atoms with Crippen molar-refractivity contribution in [2.45, 2.75) is 25.7 Å². The zero-order chi connectivity index (χ0) is 11.8. The van der Waals surface area contributed by atoms with Crippen molar-refractivity contribution in [3.63, 3.8) is 0 Å². The van der Waals surface area contributed by atoms with E-state index in [9.17, 15) is 4.79 Å². The van der Waals surface area contributed by atoms with Crippen LogP contribution in [0.3, 0.4) is 0 Å². The second kappa shape index (κ2) is 8.68. The fourth-order valence-electron chi connectivity index (χ4n) is 1.31. The summed E-state index contributed by atoms with van der Waals surface area (Å²) in [5.41, 5.74) is 0.793. The highest BCUT2D eigenvalue weighted by atomic mass is 127. The van der Waals surface area contributed by atoms with Gasteiger partial charge in [-0.1, -0.05) is 35.4 Å². The van der Waals surface area contributed by atoms with Gasteiger partial charge in [0.25, 0.3) is 5.91 Å². The van der Waals surface area contributed by atoms with Crippen LogP contribution in [0.5, 0.6) is 0 Å². The minimum absolute atomic E-state index is 0.0630. The lowest BCUT2D eigenvalue weighted by molar-refractivity contribution is 0.0953. The molecule has 5 heteroatoms. The molecule has 0 unspecified atom stereocenters. The molecule has 90 valence electrons. The van der Waals surface area contributed by atoms with Gasteiger partial charge in [-0.25, -0.2) is 0 Å². The molecule has 0 bridgehead atoms. The molecule has 0 saturated heterocycles. The van der Waals surface area contributed by atoms with Gasteiger partial charge >= 0.3 is 0 Å². The maximum atomic E-state index is 11.6. The smallest absolute Gasteiger partial charge is 0.252 e. The number of carbonyl (C=O) groups excluding carboxylic acids is 1. The Hall–Kier alpha value is 0.630. The number of nitrogens with one attached hydrogen (secondary N) is 1. The first-order valence-electron chi connectivity index (χ1n) is 5.32. The SMILES string of the molecule is O=C(NCCCCCCI)c1csc(I)c1. The molecular formula is C11H15I2NOS. The number of alkyl halides is 1. The highest BCUT2D eigenvalue weighted by Crippen LogP contribution is 2.16. The van der Waals surface area contributed by atoms with E-state index in [1.54, 1.807) is 11.3 Å². The van der Waals surface area contributed by atoms with E-state index in [2.05, 4.69) is 50.5 Å². The molecule has 0 aliphatic heterocycles. The quantitative estimate of drug-likeness (QED) is 0.369. The predicted molar refractivity (Wildman–Crippen MR) is 86.7 cm³/mol. The fourth-order valence-corrected chi connectivity index (χ4v) is 3.17. The van der Waals surface area contributed by atoms with Crippen molar-refractivity contribution in [1.82, 2.24) is 5.32 Å². The van der Waals surface area contributed by atoms with Crippen molar-refractivity contribution in [3.8, 4) is 0 Å². The van der Waals surface area contributed by atoms with Crippen LogP contribution < -0.4 is 5.32 Å². The number of hydrogen-bond donors (Lipinski definition) is 1. The van der Waals surface area contributed by atoms with Crippen molar-refractivity contribution in [2.24, 2.45) is 0 Å². The van der Waals surface area contributed by atoms with Crippen LogP contribution in [0.4, 0.5) is 0 Å². The highest BCUT2D eigenvalue weighted by molar-refractivity contribution is 14.1. The first-order chi connectivity index (χ1) is 7.74. The first-order valence-corrected chi connectivity index (χ1v) is 8.80. The van der Waals surface area contributed by atoms with E-state index < -0.39 is 0 Å². The van der Waals surface area contributed by atoms with Crippen molar-refractivity contribution in [2.75, 3.05) is 11.0 Å². The largest absolute Gasteiger partial charge is 0.352 e. The van der Waals surface area contributed by atoms with Crippen LogP contribution in [0.2, 0.25) is 0 Å². The molecule has 0 radical (unpaired) electrons. The summed E-state index contributed by atoms with van der Waals surface area (Å²) in [5, 5.41) is 4.86. The van der Waals surface area contributed by atoms with Crippen LogP contribution in [0.1, 0.15) is 36.0 Å². The lowest BCUT2D eigenvalue weighted by Gasteiger charge is -2.03. The topological polar surface area (TPSA) is 29.1 Å². The third-order valence-electron chi connectivity index (χ3n) is 2.18. The maximum absolute atomic E-state index is 11.6. The lowest BCUT2D eigenvalue weighted by atomic mass is 10.2. The summed E-state index contributed by atoms with van der Waals surface area (Å²) in [5.74, 6) is 0.0630. The van der Waals surface area contributed by atoms with Crippen LogP contribution in [0.25, 0.3) is 0 Å². The van der Waals surface area contributed by atoms with E-state index in [-0.39, 0.29) is 5.91 Å². The van der Waals surface area contributed by atoms with Gasteiger partial charge in [-0.15, -0.1) is 11.3 Å². The maximum Gasteiger partial charge on any atom is 0.252 e. The van der Waals surface area contributed by atoms with Gasteiger partial charge in [0.15, 0.2) is 0 Å². The number of hydrogen-bond acceptors (Lipinski definition) is 2. The Bertz CT molecular complexity index is 328. The molecular weight excluding hydrogens is 448 g/mol. The first kappa shape index (κ1) is 14.7. The molecule has 0 aromatic carbocycles. The molecule has 1 N–H and O–H groups in total. The molecule has 1 aromatic rings. The van der Waals surface area contributed by atoms with Gasteiger partial charge in [-0.05, 0) is 45.9 Å². The molecule has 2 nitrogen and oxygen atoms in total. The molecule has 1 aromatic heterocycles. The van der Waals surface area contributed by atoms with Crippen molar-refractivity contribution < 1.29 is 4.79 Å². The summed E-state index contributed by atoms with van der Waals surface area (Å²) in [4.78, 5) is 11.6. The average Bonchev–Trinajstić information content (AvgIpc) is 2.70. The van der Waals surface area contributed by atoms with Crippen molar-refractivity contribution >= 4 is 62.4 Å². The van der Waals surface area contributed by atoms with E-state index in [1.807, 2.05) is 11.4 Å². The predicted octanol–water partition coefficient (Wildman–Crippen LogP) is 4.08. The van der Waals surface area contributed by atoms with Crippen molar-refractivity contribution in [1.29, 1.82) is 0 Å². The number of unbranched alkanes of at least 4 members (excludes halogenated alkanes) is 3. The van der Waals surface area contributed by atoms with Gasteiger partial charge in [0.2, 0.25) is 0 Å². The molecule has 0 fully saturated rings. The third-order valence-corrected chi connectivity index (χ3v) is 4.73. The normalized spacial score (nSPS) is 10.4. The van der Waals surface area contributed by atoms with E-state index in [0.29, 0.717) is 0 Å². The molecule has 0 spiro atoms. The molecule has 16 heavy (non-hydrogen) atoms. The fraction of sp³-hybridized carbons (Fsp3) is 0.545. The average molecular weight is 463 g/mol. The molecule has 0 aliphatic rings. The zero-order valence-corrected chi connectivity index (χ0v) is 14.1. The summed E-state index contributed by atoms with van der Waals surface area (Å²) in [6.45, 7) is 0.798. The van der Waals surface area contributed by atoms with Gasteiger partial charge in [-0.3, -0.25) is 4.79 Å². The van der Waals surface area contributed by atoms with Crippen LogP contribution in [-0.4, -0.2) is 16.9 Å². The Kier molecular flexibility index (Phi) is 7.97. The number of carbonyl (C=O) groups is 1.